The Balaban J connectivity index is 1.96. The Labute approximate surface area is 223 Å². The molecule has 0 N–H and O–H groups in total. The molecule has 4 aromatic carbocycles. The molecular weight excluding hydrogens is 504 g/mol. The predicted molar refractivity (Wildman–Crippen MR) is 145 cm³/mol. The number of hydrogen-bond acceptors (Lipinski definition) is 7. The van der Waals surface area contributed by atoms with Crippen LogP contribution in [0.5, 0.6) is 23.0 Å². The van der Waals surface area contributed by atoms with Gasteiger partial charge in [0.05, 0.1) is 32.8 Å². The van der Waals surface area contributed by atoms with E-state index < -0.39 is 15.7 Å². The molecule has 0 amide bonds. The molecule has 0 aliphatic rings. The third kappa shape index (κ3) is 5.46. The maximum Gasteiger partial charge on any atom is 0.298 e. The maximum absolute atomic E-state index is 13.9. The minimum Gasteiger partial charge on any atom is -0.497 e. The number of rotatable bonds is 11. The van der Waals surface area contributed by atoms with Gasteiger partial charge in [0.15, 0.2) is 5.60 Å². The van der Waals surface area contributed by atoms with Gasteiger partial charge in [-0.1, -0.05) is 36.4 Å². The number of ether oxygens (including phenoxy) is 4. The van der Waals surface area contributed by atoms with E-state index in [1.807, 2.05) is 6.92 Å². The molecular formula is C30H30O7S. The van der Waals surface area contributed by atoms with Gasteiger partial charge in [-0.3, -0.25) is 0 Å². The second-order valence-electron chi connectivity index (χ2n) is 8.31. The summed E-state index contributed by atoms with van der Waals surface area (Å²) in [5.41, 5.74) is 0.205. The van der Waals surface area contributed by atoms with E-state index in [-0.39, 0.29) is 4.90 Å². The van der Waals surface area contributed by atoms with Gasteiger partial charge in [0.1, 0.15) is 23.0 Å². The third-order valence-corrected chi connectivity index (χ3v) is 7.47. The van der Waals surface area contributed by atoms with Crippen molar-refractivity contribution in [2.24, 2.45) is 0 Å². The molecule has 4 aromatic rings. The summed E-state index contributed by atoms with van der Waals surface area (Å²) in [6, 6.07) is 27.5. The molecule has 0 atom stereocenters. The average Bonchev–Trinajstić information content (AvgIpc) is 2.96. The summed E-state index contributed by atoms with van der Waals surface area (Å²) in [4.78, 5) is 0.000799. The molecule has 0 saturated heterocycles. The molecule has 0 bridgehead atoms. The molecule has 0 aliphatic carbocycles. The minimum absolute atomic E-state index is 0.000799. The second-order valence-corrected chi connectivity index (χ2v) is 9.85. The van der Waals surface area contributed by atoms with Crippen molar-refractivity contribution in [3.05, 3.63) is 114 Å². The van der Waals surface area contributed by atoms with Gasteiger partial charge in [-0.2, -0.15) is 8.42 Å². The number of hydrogen-bond donors (Lipinski definition) is 0. The molecule has 8 heteroatoms. The van der Waals surface area contributed by atoms with Gasteiger partial charge in [0.2, 0.25) is 0 Å². The SMILES string of the molecule is CCOc1ccc(S(=O)(=O)OC(c2ccc(OC)cc2)(c2ccc(OC)cc2)c2ccc(OC)cc2)cc1. The predicted octanol–water partition coefficient (Wildman–Crippen LogP) is 5.81. The quantitative estimate of drug-likeness (QED) is 0.177. The van der Waals surface area contributed by atoms with E-state index in [0.717, 1.165) is 0 Å². The summed E-state index contributed by atoms with van der Waals surface area (Å²) in [7, 11) is 0.424. The molecule has 0 unspecified atom stereocenters. The summed E-state index contributed by atoms with van der Waals surface area (Å²) >= 11 is 0. The fourth-order valence-corrected chi connectivity index (χ4v) is 5.39. The topological polar surface area (TPSA) is 80.3 Å². The highest BCUT2D eigenvalue weighted by atomic mass is 32.2. The first-order valence-corrected chi connectivity index (χ1v) is 13.4. The van der Waals surface area contributed by atoms with Crippen molar-refractivity contribution in [3.63, 3.8) is 0 Å². The van der Waals surface area contributed by atoms with Crippen LogP contribution in [0.15, 0.2) is 102 Å². The van der Waals surface area contributed by atoms with E-state index in [1.165, 1.54) is 12.1 Å². The van der Waals surface area contributed by atoms with Gasteiger partial charge in [-0.25, -0.2) is 4.18 Å². The molecule has 0 spiro atoms. The zero-order valence-electron chi connectivity index (χ0n) is 21.7. The Kier molecular flexibility index (Phi) is 8.24. The summed E-state index contributed by atoms with van der Waals surface area (Å²) in [5, 5.41) is 0. The van der Waals surface area contributed by atoms with Crippen LogP contribution in [0.3, 0.4) is 0 Å². The van der Waals surface area contributed by atoms with Crippen LogP contribution >= 0.6 is 0 Å². The van der Waals surface area contributed by atoms with Crippen LogP contribution < -0.4 is 18.9 Å². The normalized spacial score (nSPS) is 11.6. The Hall–Kier alpha value is -4.01. The zero-order valence-corrected chi connectivity index (χ0v) is 22.5. The smallest absolute Gasteiger partial charge is 0.298 e. The summed E-state index contributed by atoms with van der Waals surface area (Å²) in [6.07, 6.45) is 0. The molecule has 0 radical (unpaired) electrons. The molecule has 0 fully saturated rings. The van der Waals surface area contributed by atoms with E-state index in [0.29, 0.717) is 46.3 Å². The van der Waals surface area contributed by atoms with Gasteiger partial charge in [-0.15, -0.1) is 0 Å². The van der Waals surface area contributed by atoms with E-state index in [2.05, 4.69) is 0 Å². The van der Waals surface area contributed by atoms with Crippen LogP contribution in [0.4, 0.5) is 0 Å². The third-order valence-electron chi connectivity index (χ3n) is 6.15. The van der Waals surface area contributed by atoms with Crippen molar-refractivity contribution >= 4 is 10.1 Å². The second kappa shape index (κ2) is 11.6. The van der Waals surface area contributed by atoms with Gasteiger partial charge in [-0.05, 0) is 84.3 Å². The van der Waals surface area contributed by atoms with Gasteiger partial charge < -0.3 is 18.9 Å². The monoisotopic (exact) mass is 534 g/mol. The number of benzene rings is 4. The molecule has 198 valence electrons. The van der Waals surface area contributed by atoms with Crippen molar-refractivity contribution in [3.8, 4) is 23.0 Å². The van der Waals surface area contributed by atoms with E-state index >= 15 is 0 Å². The fourth-order valence-electron chi connectivity index (χ4n) is 4.20. The molecule has 38 heavy (non-hydrogen) atoms. The Morgan fingerprint density at radius 1 is 0.553 bits per heavy atom. The number of methoxy groups -OCH3 is 3. The Morgan fingerprint density at radius 2 is 0.895 bits per heavy atom. The highest BCUT2D eigenvalue weighted by molar-refractivity contribution is 7.86. The largest absolute Gasteiger partial charge is 0.497 e. The van der Waals surface area contributed by atoms with E-state index in [9.17, 15) is 8.42 Å². The van der Waals surface area contributed by atoms with Crippen molar-refractivity contribution in [2.45, 2.75) is 17.4 Å². The summed E-state index contributed by atoms with van der Waals surface area (Å²) in [5.74, 6) is 2.45. The minimum atomic E-state index is -4.29. The average molecular weight is 535 g/mol. The van der Waals surface area contributed by atoms with Crippen molar-refractivity contribution in [1.29, 1.82) is 0 Å². The van der Waals surface area contributed by atoms with Crippen molar-refractivity contribution in [2.75, 3.05) is 27.9 Å². The standard InChI is InChI=1S/C30H30O7S/c1-5-36-28-18-20-29(21-19-28)38(31,32)37-30(22-6-12-25(33-2)13-7-22,23-8-14-26(34-3)15-9-23)24-10-16-27(35-4)17-11-24/h6-21H,5H2,1-4H3. The van der Waals surface area contributed by atoms with Crippen LogP contribution in [0.2, 0.25) is 0 Å². The van der Waals surface area contributed by atoms with Crippen LogP contribution in [0.25, 0.3) is 0 Å². The lowest BCUT2D eigenvalue weighted by atomic mass is 9.80. The zero-order chi connectivity index (χ0) is 27.2. The first-order valence-electron chi connectivity index (χ1n) is 12.0. The summed E-state index contributed by atoms with van der Waals surface area (Å²) < 4.78 is 55.6. The first-order chi connectivity index (χ1) is 18.4. The first kappa shape index (κ1) is 27.0. The summed E-state index contributed by atoms with van der Waals surface area (Å²) in [6.45, 7) is 2.33. The highest BCUT2D eigenvalue weighted by Crippen LogP contribution is 2.44. The lowest BCUT2D eigenvalue weighted by Crippen LogP contribution is -2.35. The van der Waals surface area contributed by atoms with E-state index in [4.69, 9.17) is 23.1 Å². The van der Waals surface area contributed by atoms with Crippen molar-refractivity contribution in [1.82, 2.24) is 0 Å². The van der Waals surface area contributed by atoms with E-state index in [1.54, 1.807) is 106 Å². The lowest BCUT2D eigenvalue weighted by Gasteiger charge is -2.35. The molecule has 0 aromatic heterocycles. The maximum atomic E-state index is 13.9. The van der Waals surface area contributed by atoms with Crippen LogP contribution in [-0.2, 0) is 19.9 Å². The van der Waals surface area contributed by atoms with Crippen LogP contribution in [0.1, 0.15) is 23.6 Å². The Bertz CT molecular complexity index is 1310. The highest BCUT2D eigenvalue weighted by Gasteiger charge is 2.43. The molecule has 0 aliphatic heterocycles. The molecule has 7 nitrogen and oxygen atoms in total. The van der Waals surface area contributed by atoms with Gasteiger partial charge in [0.25, 0.3) is 10.1 Å². The van der Waals surface area contributed by atoms with Crippen LogP contribution in [0, 0.1) is 0 Å². The van der Waals surface area contributed by atoms with Crippen LogP contribution in [-0.4, -0.2) is 36.4 Å². The molecule has 0 saturated carbocycles. The van der Waals surface area contributed by atoms with Gasteiger partial charge >= 0.3 is 0 Å². The molecule has 4 rings (SSSR count). The van der Waals surface area contributed by atoms with Crippen molar-refractivity contribution < 1.29 is 31.5 Å². The Morgan fingerprint density at radius 3 is 1.21 bits per heavy atom. The van der Waals surface area contributed by atoms with Gasteiger partial charge in [0, 0.05) is 0 Å². The molecule has 0 heterocycles. The lowest BCUT2D eigenvalue weighted by molar-refractivity contribution is 0.163. The fraction of sp³-hybridized carbons (Fsp3) is 0.200.